The Morgan fingerprint density at radius 3 is 2.19 bits per heavy atom. The summed E-state index contributed by atoms with van der Waals surface area (Å²) in [7, 11) is 4.05. The molecule has 0 aromatic heterocycles. The summed E-state index contributed by atoms with van der Waals surface area (Å²) in [6, 6.07) is 18.6. The Hall–Kier alpha value is -2.07. The van der Waals surface area contributed by atoms with Crippen LogP contribution in [0.15, 0.2) is 54.6 Å². The quantitative estimate of drug-likeness (QED) is 0.840. The minimum atomic E-state index is 0.173. The summed E-state index contributed by atoms with van der Waals surface area (Å²) in [4.78, 5) is 2.07. The number of hydrogen-bond donors (Lipinski definition) is 2. The molecule has 1 atom stereocenters. The van der Waals surface area contributed by atoms with E-state index in [1.807, 2.05) is 44.4 Å². The van der Waals surface area contributed by atoms with E-state index < -0.39 is 0 Å². The Bertz CT molecular complexity index is 579. The van der Waals surface area contributed by atoms with Crippen molar-refractivity contribution < 1.29 is 0 Å². The number of thiocarbonyl (C=S) groups is 1. The van der Waals surface area contributed by atoms with E-state index in [1.165, 1.54) is 5.56 Å². The van der Waals surface area contributed by atoms with Gasteiger partial charge in [-0.15, -0.1) is 0 Å². The maximum atomic E-state index is 5.36. The summed E-state index contributed by atoms with van der Waals surface area (Å²) in [5.74, 6) is 0. The van der Waals surface area contributed by atoms with Crippen LogP contribution in [-0.2, 0) is 0 Å². The highest BCUT2D eigenvalue weighted by Crippen LogP contribution is 2.16. The Balaban J connectivity index is 1.92. The van der Waals surface area contributed by atoms with Crippen molar-refractivity contribution in [2.45, 2.75) is 13.0 Å². The molecule has 0 saturated carbocycles. The van der Waals surface area contributed by atoms with Gasteiger partial charge >= 0.3 is 0 Å². The van der Waals surface area contributed by atoms with Gasteiger partial charge in [0.1, 0.15) is 0 Å². The first-order chi connectivity index (χ1) is 10.1. The van der Waals surface area contributed by atoms with Gasteiger partial charge < -0.3 is 15.5 Å². The molecular formula is C17H21N3S. The molecule has 4 heteroatoms. The zero-order valence-electron chi connectivity index (χ0n) is 12.6. The van der Waals surface area contributed by atoms with Gasteiger partial charge in [-0.2, -0.15) is 0 Å². The molecule has 2 aromatic rings. The van der Waals surface area contributed by atoms with Crippen LogP contribution in [0.5, 0.6) is 0 Å². The van der Waals surface area contributed by atoms with Crippen molar-refractivity contribution in [2.24, 2.45) is 0 Å². The zero-order valence-corrected chi connectivity index (χ0v) is 13.4. The van der Waals surface area contributed by atoms with Gasteiger partial charge in [0.2, 0.25) is 0 Å². The van der Waals surface area contributed by atoms with E-state index >= 15 is 0 Å². The van der Waals surface area contributed by atoms with Crippen molar-refractivity contribution >= 4 is 28.7 Å². The van der Waals surface area contributed by atoms with E-state index in [9.17, 15) is 0 Å². The number of rotatable bonds is 4. The van der Waals surface area contributed by atoms with Gasteiger partial charge in [0.05, 0.1) is 6.04 Å². The standard InChI is InChI=1S/C17H21N3S/c1-13(14-7-5-4-6-8-14)18-17(21)19-15-9-11-16(12-10-15)20(2)3/h4-13H,1-3H3,(H2,18,19,21)/t13-/m0/s1. The van der Waals surface area contributed by atoms with Crippen molar-refractivity contribution in [1.82, 2.24) is 5.32 Å². The molecule has 2 rings (SSSR count). The molecule has 3 nitrogen and oxygen atoms in total. The fourth-order valence-electron chi connectivity index (χ4n) is 2.03. The molecule has 0 aliphatic rings. The molecule has 21 heavy (non-hydrogen) atoms. The van der Waals surface area contributed by atoms with Crippen LogP contribution in [0.4, 0.5) is 11.4 Å². The second-order valence-electron chi connectivity index (χ2n) is 5.17. The van der Waals surface area contributed by atoms with Crippen LogP contribution in [0.25, 0.3) is 0 Å². The molecule has 0 fully saturated rings. The summed E-state index contributed by atoms with van der Waals surface area (Å²) < 4.78 is 0. The summed E-state index contributed by atoms with van der Waals surface area (Å²) >= 11 is 5.36. The van der Waals surface area contributed by atoms with Crippen LogP contribution in [-0.4, -0.2) is 19.2 Å². The van der Waals surface area contributed by atoms with Crippen molar-refractivity contribution in [1.29, 1.82) is 0 Å². The number of hydrogen-bond acceptors (Lipinski definition) is 2. The maximum Gasteiger partial charge on any atom is 0.171 e. The Kier molecular flexibility index (Phi) is 5.17. The van der Waals surface area contributed by atoms with Gasteiger partial charge in [-0.1, -0.05) is 30.3 Å². The fraction of sp³-hybridized carbons (Fsp3) is 0.235. The monoisotopic (exact) mass is 299 g/mol. The molecule has 0 amide bonds. The molecule has 0 saturated heterocycles. The molecule has 2 N–H and O–H groups in total. The van der Waals surface area contributed by atoms with Gasteiger partial charge in [0.25, 0.3) is 0 Å². The second kappa shape index (κ2) is 7.09. The molecule has 0 aliphatic heterocycles. The van der Waals surface area contributed by atoms with Crippen LogP contribution >= 0.6 is 12.2 Å². The van der Waals surface area contributed by atoms with Crippen molar-refractivity contribution in [3.63, 3.8) is 0 Å². The van der Waals surface area contributed by atoms with Crippen LogP contribution < -0.4 is 15.5 Å². The van der Waals surface area contributed by atoms with Gasteiger partial charge in [-0.25, -0.2) is 0 Å². The minimum absolute atomic E-state index is 0.173. The first-order valence-corrected chi connectivity index (χ1v) is 7.37. The minimum Gasteiger partial charge on any atom is -0.378 e. The second-order valence-corrected chi connectivity index (χ2v) is 5.58. The molecular weight excluding hydrogens is 278 g/mol. The Labute approximate surface area is 132 Å². The van der Waals surface area contributed by atoms with E-state index in [1.54, 1.807) is 0 Å². The average Bonchev–Trinajstić information content (AvgIpc) is 2.48. The van der Waals surface area contributed by atoms with Gasteiger partial charge in [0.15, 0.2) is 5.11 Å². The molecule has 0 heterocycles. The fourth-order valence-corrected chi connectivity index (χ4v) is 2.33. The van der Waals surface area contributed by atoms with E-state index in [0.717, 1.165) is 11.4 Å². The third kappa shape index (κ3) is 4.46. The van der Waals surface area contributed by atoms with Crippen molar-refractivity contribution in [3.05, 3.63) is 60.2 Å². The first-order valence-electron chi connectivity index (χ1n) is 6.96. The van der Waals surface area contributed by atoms with Crippen molar-refractivity contribution in [3.8, 4) is 0 Å². The zero-order chi connectivity index (χ0) is 15.2. The lowest BCUT2D eigenvalue weighted by atomic mass is 10.1. The van der Waals surface area contributed by atoms with Gasteiger partial charge in [-0.3, -0.25) is 0 Å². The van der Waals surface area contributed by atoms with Crippen LogP contribution in [0, 0.1) is 0 Å². The predicted octanol–water partition coefficient (Wildman–Crippen LogP) is 3.80. The third-order valence-electron chi connectivity index (χ3n) is 3.29. The van der Waals surface area contributed by atoms with Gasteiger partial charge in [-0.05, 0) is 49.0 Å². The van der Waals surface area contributed by atoms with E-state index in [2.05, 4.69) is 46.7 Å². The largest absolute Gasteiger partial charge is 0.378 e. The lowest BCUT2D eigenvalue weighted by Crippen LogP contribution is -2.30. The normalized spacial score (nSPS) is 11.6. The molecule has 110 valence electrons. The molecule has 0 bridgehead atoms. The smallest absolute Gasteiger partial charge is 0.171 e. The lowest BCUT2D eigenvalue weighted by molar-refractivity contribution is 0.722. The molecule has 0 spiro atoms. The highest BCUT2D eigenvalue weighted by atomic mass is 32.1. The first kappa shape index (κ1) is 15.3. The number of benzene rings is 2. The highest BCUT2D eigenvalue weighted by Gasteiger charge is 2.06. The summed E-state index contributed by atoms with van der Waals surface area (Å²) in [5, 5.41) is 7.13. The number of anilines is 2. The summed E-state index contributed by atoms with van der Waals surface area (Å²) in [6.45, 7) is 2.10. The van der Waals surface area contributed by atoms with E-state index in [0.29, 0.717) is 5.11 Å². The van der Waals surface area contributed by atoms with Crippen molar-refractivity contribution in [2.75, 3.05) is 24.3 Å². The third-order valence-corrected chi connectivity index (χ3v) is 3.51. The van der Waals surface area contributed by atoms with Gasteiger partial charge in [0, 0.05) is 25.5 Å². The molecule has 2 aromatic carbocycles. The SMILES string of the molecule is C[C@H](NC(=S)Nc1ccc(N(C)C)cc1)c1ccccc1. The molecule has 0 aliphatic carbocycles. The summed E-state index contributed by atoms with van der Waals surface area (Å²) in [5.41, 5.74) is 3.36. The van der Waals surface area contributed by atoms with E-state index in [4.69, 9.17) is 12.2 Å². The van der Waals surface area contributed by atoms with E-state index in [-0.39, 0.29) is 6.04 Å². The number of nitrogens with zero attached hydrogens (tertiary/aromatic N) is 1. The molecule has 0 unspecified atom stereocenters. The van der Waals surface area contributed by atoms with Crippen LogP contribution in [0.2, 0.25) is 0 Å². The van der Waals surface area contributed by atoms with Crippen LogP contribution in [0.1, 0.15) is 18.5 Å². The molecule has 0 radical (unpaired) electrons. The number of nitrogens with one attached hydrogen (secondary N) is 2. The lowest BCUT2D eigenvalue weighted by Gasteiger charge is -2.18. The maximum absolute atomic E-state index is 5.36. The Morgan fingerprint density at radius 1 is 1.00 bits per heavy atom. The van der Waals surface area contributed by atoms with Crippen LogP contribution in [0.3, 0.4) is 0 Å². The highest BCUT2D eigenvalue weighted by molar-refractivity contribution is 7.80. The predicted molar refractivity (Wildman–Crippen MR) is 95.0 cm³/mol. The topological polar surface area (TPSA) is 27.3 Å². The Morgan fingerprint density at radius 2 is 1.62 bits per heavy atom. The average molecular weight is 299 g/mol. The summed E-state index contributed by atoms with van der Waals surface area (Å²) in [6.07, 6.45) is 0.